The van der Waals surface area contributed by atoms with Gasteiger partial charge in [0.2, 0.25) is 0 Å². The van der Waals surface area contributed by atoms with Crippen molar-refractivity contribution in [3.05, 3.63) is 6.42 Å². The minimum atomic E-state index is -2.92. The number of nitrogens with zero attached hydrogens (tertiary/aromatic N) is 1. The SMILES string of the molecule is CS(=O)(=O)CCNCC(O)CN1[C@@H]2C[CH]C[C@H]1CC2. The molecule has 2 fully saturated rings. The molecule has 19 heavy (non-hydrogen) atoms. The summed E-state index contributed by atoms with van der Waals surface area (Å²) in [5, 5.41) is 13.0. The standard InChI is InChI=1S/C13H25N2O3S/c1-19(17,18)8-7-14-9-13(16)10-15-11-3-2-4-12(15)6-5-11/h2,11-14,16H,3-10H2,1H3/t11-,12+,13?. The van der Waals surface area contributed by atoms with Gasteiger partial charge >= 0.3 is 0 Å². The van der Waals surface area contributed by atoms with Crippen LogP contribution < -0.4 is 5.32 Å². The minimum Gasteiger partial charge on any atom is -0.390 e. The molecule has 2 rings (SSSR count). The van der Waals surface area contributed by atoms with Gasteiger partial charge in [-0.1, -0.05) is 0 Å². The van der Waals surface area contributed by atoms with E-state index in [4.69, 9.17) is 0 Å². The molecule has 2 saturated heterocycles. The monoisotopic (exact) mass is 289 g/mol. The van der Waals surface area contributed by atoms with Gasteiger partial charge in [-0.25, -0.2) is 8.42 Å². The van der Waals surface area contributed by atoms with E-state index < -0.39 is 15.9 Å². The van der Waals surface area contributed by atoms with Crippen LogP contribution in [0.15, 0.2) is 0 Å². The number of sulfone groups is 1. The summed E-state index contributed by atoms with van der Waals surface area (Å²) in [5.41, 5.74) is 0. The van der Waals surface area contributed by atoms with Crippen molar-refractivity contribution in [3.63, 3.8) is 0 Å². The summed E-state index contributed by atoms with van der Waals surface area (Å²) >= 11 is 0. The molecular weight excluding hydrogens is 264 g/mol. The van der Waals surface area contributed by atoms with Crippen LogP contribution in [0.25, 0.3) is 0 Å². The van der Waals surface area contributed by atoms with Gasteiger partial charge in [-0.3, -0.25) is 4.90 Å². The zero-order chi connectivity index (χ0) is 13.9. The number of hydrogen-bond acceptors (Lipinski definition) is 5. The van der Waals surface area contributed by atoms with Crippen molar-refractivity contribution in [3.8, 4) is 0 Å². The van der Waals surface area contributed by atoms with Crippen LogP contribution in [0.4, 0.5) is 0 Å². The molecule has 6 heteroatoms. The molecule has 0 aliphatic carbocycles. The fourth-order valence-electron chi connectivity index (χ4n) is 3.13. The molecule has 0 aromatic carbocycles. The van der Waals surface area contributed by atoms with Crippen molar-refractivity contribution in [2.45, 2.75) is 43.9 Å². The summed E-state index contributed by atoms with van der Waals surface area (Å²) < 4.78 is 21.9. The van der Waals surface area contributed by atoms with Crippen molar-refractivity contribution < 1.29 is 13.5 Å². The summed E-state index contributed by atoms with van der Waals surface area (Å²) in [4.78, 5) is 2.43. The highest BCUT2D eigenvalue weighted by Gasteiger charge is 2.36. The Balaban J connectivity index is 1.66. The molecule has 2 aliphatic heterocycles. The van der Waals surface area contributed by atoms with E-state index >= 15 is 0 Å². The predicted octanol–water partition coefficient (Wildman–Crippen LogP) is -0.187. The normalized spacial score (nSPS) is 29.6. The van der Waals surface area contributed by atoms with Crippen LogP contribution in [-0.4, -0.2) is 68.3 Å². The second-order valence-corrected chi connectivity index (χ2v) is 8.09. The van der Waals surface area contributed by atoms with E-state index in [9.17, 15) is 13.5 Å². The summed E-state index contributed by atoms with van der Waals surface area (Å²) in [5.74, 6) is 0.129. The second kappa shape index (κ2) is 6.52. The fourth-order valence-corrected chi connectivity index (χ4v) is 3.65. The minimum absolute atomic E-state index is 0.129. The third-order valence-corrected chi connectivity index (χ3v) is 5.05. The Kier molecular flexibility index (Phi) is 5.22. The maximum absolute atomic E-state index is 11.0. The summed E-state index contributed by atoms with van der Waals surface area (Å²) in [6, 6.07) is 1.23. The van der Waals surface area contributed by atoms with Crippen LogP contribution in [0.1, 0.15) is 25.7 Å². The van der Waals surface area contributed by atoms with Crippen LogP contribution in [0.5, 0.6) is 0 Å². The smallest absolute Gasteiger partial charge is 0.148 e. The van der Waals surface area contributed by atoms with Crippen molar-refractivity contribution in [2.75, 3.05) is 31.6 Å². The van der Waals surface area contributed by atoms with Gasteiger partial charge in [-0.15, -0.1) is 0 Å². The quantitative estimate of drug-likeness (QED) is 0.636. The number of rotatable bonds is 7. The average molecular weight is 289 g/mol. The van der Waals surface area contributed by atoms with Crippen LogP contribution in [-0.2, 0) is 9.84 Å². The van der Waals surface area contributed by atoms with Crippen LogP contribution in [0.3, 0.4) is 0 Å². The van der Waals surface area contributed by atoms with Crippen molar-refractivity contribution in [1.29, 1.82) is 0 Å². The zero-order valence-electron chi connectivity index (χ0n) is 11.6. The molecule has 1 radical (unpaired) electrons. The molecule has 3 atom stereocenters. The molecule has 2 N–H and O–H groups in total. The Labute approximate surface area is 116 Å². The van der Waals surface area contributed by atoms with Crippen molar-refractivity contribution in [1.82, 2.24) is 10.2 Å². The first kappa shape index (κ1) is 15.2. The number of piperidine rings is 1. The number of nitrogens with one attached hydrogen (secondary N) is 1. The lowest BCUT2D eigenvalue weighted by atomic mass is 10.0. The Hall–Kier alpha value is -0.170. The highest BCUT2D eigenvalue weighted by molar-refractivity contribution is 7.90. The lowest BCUT2D eigenvalue weighted by Gasteiger charge is -2.35. The van der Waals surface area contributed by atoms with E-state index in [1.807, 2.05) is 0 Å². The van der Waals surface area contributed by atoms with Crippen LogP contribution >= 0.6 is 0 Å². The number of aliphatic hydroxyl groups is 1. The molecule has 0 aromatic rings. The van der Waals surface area contributed by atoms with Gasteiger partial charge in [0.05, 0.1) is 11.9 Å². The van der Waals surface area contributed by atoms with Gasteiger partial charge in [0.15, 0.2) is 0 Å². The van der Waals surface area contributed by atoms with Gasteiger partial charge in [0, 0.05) is 38.0 Å². The predicted molar refractivity (Wildman–Crippen MR) is 75.6 cm³/mol. The molecule has 2 heterocycles. The van der Waals surface area contributed by atoms with Crippen LogP contribution in [0, 0.1) is 6.42 Å². The number of aliphatic hydroxyl groups excluding tert-OH is 1. The highest BCUT2D eigenvalue weighted by Crippen LogP contribution is 2.34. The Morgan fingerprint density at radius 3 is 2.58 bits per heavy atom. The number of hydrogen-bond donors (Lipinski definition) is 2. The van der Waals surface area contributed by atoms with Gasteiger partial charge in [-0.2, -0.15) is 0 Å². The van der Waals surface area contributed by atoms with Crippen molar-refractivity contribution >= 4 is 9.84 Å². The maximum atomic E-state index is 11.0. The first-order valence-electron chi connectivity index (χ1n) is 7.09. The second-order valence-electron chi connectivity index (χ2n) is 5.83. The first-order chi connectivity index (χ1) is 8.96. The van der Waals surface area contributed by atoms with E-state index in [1.165, 1.54) is 19.1 Å². The van der Waals surface area contributed by atoms with E-state index in [0.717, 1.165) is 12.8 Å². The van der Waals surface area contributed by atoms with Gasteiger partial charge in [-0.05, 0) is 32.1 Å². The summed E-state index contributed by atoms with van der Waals surface area (Å²) in [6.45, 7) is 1.58. The molecule has 1 unspecified atom stereocenters. The van der Waals surface area contributed by atoms with Crippen LogP contribution in [0.2, 0.25) is 0 Å². The van der Waals surface area contributed by atoms with E-state index in [2.05, 4.69) is 16.6 Å². The Morgan fingerprint density at radius 2 is 2.00 bits per heavy atom. The van der Waals surface area contributed by atoms with Gasteiger partial charge in [0.25, 0.3) is 0 Å². The molecule has 0 aromatic heterocycles. The topological polar surface area (TPSA) is 69.6 Å². The average Bonchev–Trinajstić information content (AvgIpc) is 2.56. The third kappa shape index (κ3) is 4.70. The van der Waals surface area contributed by atoms with Gasteiger partial charge < -0.3 is 10.4 Å². The fraction of sp³-hybridized carbons (Fsp3) is 0.923. The molecule has 2 bridgehead atoms. The van der Waals surface area contributed by atoms with E-state index in [0.29, 0.717) is 31.7 Å². The van der Waals surface area contributed by atoms with E-state index in [1.54, 1.807) is 0 Å². The lowest BCUT2D eigenvalue weighted by Crippen LogP contribution is -2.46. The Bertz CT molecular complexity index is 369. The molecule has 0 saturated carbocycles. The zero-order valence-corrected chi connectivity index (χ0v) is 12.4. The highest BCUT2D eigenvalue weighted by atomic mass is 32.2. The van der Waals surface area contributed by atoms with E-state index in [-0.39, 0.29) is 5.75 Å². The first-order valence-corrected chi connectivity index (χ1v) is 9.15. The molecule has 2 aliphatic rings. The molecule has 0 spiro atoms. The molecular formula is C13H25N2O3S. The van der Waals surface area contributed by atoms with Gasteiger partial charge in [0.1, 0.15) is 9.84 Å². The molecule has 0 amide bonds. The maximum Gasteiger partial charge on any atom is 0.148 e. The lowest BCUT2D eigenvalue weighted by molar-refractivity contribution is 0.0724. The Morgan fingerprint density at radius 1 is 1.37 bits per heavy atom. The summed E-state index contributed by atoms with van der Waals surface area (Å²) in [6.07, 6.45) is 7.96. The number of fused-ring (bicyclic) bond motifs is 2. The summed E-state index contributed by atoms with van der Waals surface area (Å²) in [7, 11) is -2.92. The largest absolute Gasteiger partial charge is 0.390 e. The molecule has 5 nitrogen and oxygen atoms in total. The molecule has 111 valence electrons. The third-order valence-electron chi connectivity index (χ3n) is 4.10. The van der Waals surface area contributed by atoms with Crippen molar-refractivity contribution in [2.24, 2.45) is 0 Å².